The van der Waals surface area contributed by atoms with E-state index >= 15 is 0 Å². The highest BCUT2D eigenvalue weighted by molar-refractivity contribution is 7.15. The minimum atomic E-state index is -0.392. The molecule has 0 spiro atoms. The maximum Gasteiger partial charge on any atom is 0.276 e. The molecule has 1 aromatic carbocycles. The molecule has 0 bridgehead atoms. The quantitative estimate of drug-likeness (QED) is 0.688. The molecular formula is C20H20N6O3S. The highest BCUT2D eigenvalue weighted by Crippen LogP contribution is 2.29. The number of benzene rings is 1. The minimum absolute atomic E-state index is 0.149. The van der Waals surface area contributed by atoms with Crippen molar-refractivity contribution in [3.8, 4) is 5.69 Å². The second-order valence-electron chi connectivity index (χ2n) is 7.21. The monoisotopic (exact) mass is 424 g/mol. The van der Waals surface area contributed by atoms with Crippen LogP contribution >= 0.6 is 11.3 Å². The standard InChI is InChI=1S/C20H20N6O3S/c27-18(16-7-4-10-29-16)23-20-22-14-8-9-25(12-17(14)30-20)19(28)15-11-21-26(24-15)13-5-2-1-3-6-13/h1-3,5-6,11,16H,4,7-10,12H2,(H,22,23,27)/t16-/m1/s1. The van der Waals surface area contributed by atoms with Crippen molar-refractivity contribution >= 4 is 28.3 Å². The molecule has 30 heavy (non-hydrogen) atoms. The molecule has 0 radical (unpaired) electrons. The Morgan fingerprint density at radius 2 is 2.10 bits per heavy atom. The van der Waals surface area contributed by atoms with Gasteiger partial charge in [0.2, 0.25) is 0 Å². The van der Waals surface area contributed by atoms with Gasteiger partial charge in [-0.05, 0) is 25.0 Å². The van der Waals surface area contributed by atoms with Gasteiger partial charge in [-0.2, -0.15) is 9.90 Å². The van der Waals surface area contributed by atoms with Crippen LogP contribution in [0, 0.1) is 0 Å². The summed E-state index contributed by atoms with van der Waals surface area (Å²) in [5.41, 5.74) is 2.03. The first-order valence-electron chi connectivity index (χ1n) is 9.85. The normalized spacial score (nSPS) is 18.3. The van der Waals surface area contributed by atoms with E-state index in [4.69, 9.17) is 4.74 Å². The molecule has 2 amide bonds. The maximum absolute atomic E-state index is 12.9. The predicted octanol–water partition coefficient (Wildman–Crippen LogP) is 2.04. The summed E-state index contributed by atoms with van der Waals surface area (Å²) in [5.74, 6) is -0.315. The van der Waals surface area contributed by atoms with Gasteiger partial charge in [-0.1, -0.05) is 29.5 Å². The van der Waals surface area contributed by atoms with E-state index in [2.05, 4.69) is 20.5 Å². The minimum Gasteiger partial charge on any atom is -0.368 e. The lowest BCUT2D eigenvalue weighted by Crippen LogP contribution is -2.35. The van der Waals surface area contributed by atoms with Gasteiger partial charge < -0.3 is 9.64 Å². The van der Waals surface area contributed by atoms with Crippen molar-refractivity contribution in [3.63, 3.8) is 0 Å². The number of nitrogens with one attached hydrogen (secondary N) is 1. The van der Waals surface area contributed by atoms with Crippen LogP contribution in [0.2, 0.25) is 0 Å². The molecule has 1 fully saturated rings. The number of hydrogen-bond donors (Lipinski definition) is 1. The molecule has 1 N–H and O–H groups in total. The number of para-hydroxylation sites is 1. The van der Waals surface area contributed by atoms with Crippen molar-refractivity contribution in [2.45, 2.75) is 31.9 Å². The fourth-order valence-corrected chi connectivity index (χ4v) is 4.63. The van der Waals surface area contributed by atoms with Gasteiger partial charge in [-0.15, -0.1) is 5.10 Å². The zero-order chi connectivity index (χ0) is 20.5. The second-order valence-corrected chi connectivity index (χ2v) is 8.29. The lowest BCUT2D eigenvalue weighted by molar-refractivity contribution is -0.124. The average molecular weight is 424 g/mol. The van der Waals surface area contributed by atoms with E-state index in [1.807, 2.05) is 30.3 Å². The molecule has 1 atom stereocenters. The number of ether oxygens (including phenoxy) is 1. The van der Waals surface area contributed by atoms with E-state index in [-0.39, 0.29) is 11.8 Å². The molecule has 0 unspecified atom stereocenters. The summed E-state index contributed by atoms with van der Waals surface area (Å²) in [6, 6.07) is 9.46. The first kappa shape index (κ1) is 18.9. The topological polar surface area (TPSA) is 102 Å². The predicted molar refractivity (Wildman–Crippen MR) is 110 cm³/mol. The molecule has 2 aliphatic heterocycles. The molecule has 0 saturated carbocycles. The van der Waals surface area contributed by atoms with Crippen molar-refractivity contribution in [1.82, 2.24) is 24.9 Å². The Morgan fingerprint density at radius 1 is 1.23 bits per heavy atom. The Labute approximate surface area is 176 Å². The summed E-state index contributed by atoms with van der Waals surface area (Å²) >= 11 is 1.41. The summed E-state index contributed by atoms with van der Waals surface area (Å²) in [4.78, 5) is 33.9. The van der Waals surface area contributed by atoms with Crippen LogP contribution in [0.4, 0.5) is 5.13 Å². The molecule has 10 heteroatoms. The van der Waals surface area contributed by atoms with Crippen molar-refractivity contribution < 1.29 is 14.3 Å². The summed E-state index contributed by atoms with van der Waals surface area (Å²) in [7, 11) is 0. The maximum atomic E-state index is 12.9. The third-order valence-corrected chi connectivity index (χ3v) is 6.17. The van der Waals surface area contributed by atoms with Crippen LogP contribution in [0.5, 0.6) is 0 Å². The Kier molecular flexibility index (Phi) is 5.01. The van der Waals surface area contributed by atoms with Crippen molar-refractivity contribution in [1.29, 1.82) is 0 Å². The van der Waals surface area contributed by atoms with Crippen LogP contribution in [0.25, 0.3) is 5.69 Å². The number of thiazole rings is 1. The van der Waals surface area contributed by atoms with Crippen LogP contribution < -0.4 is 5.32 Å². The number of fused-ring (bicyclic) bond motifs is 1. The zero-order valence-electron chi connectivity index (χ0n) is 16.2. The first-order chi connectivity index (χ1) is 14.7. The molecule has 9 nitrogen and oxygen atoms in total. The number of anilines is 1. The molecule has 2 aromatic heterocycles. The second kappa shape index (κ2) is 7.96. The molecule has 5 rings (SSSR count). The fraction of sp³-hybridized carbons (Fsp3) is 0.350. The third kappa shape index (κ3) is 3.71. The lowest BCUT2D eigenvalue weighted by Gasteiger charge is -2.25. The number of rotatable bonds is 4. The van der Waals surface area contributed by atoms with Crippen molar-refractivity contribution in [3.05, 3.63) is 52.8 Å². The van der Waals surface area contributed by atoms with Gasteiger partial charge in [-0.25, -0.2) is 4.98 Å². The molecule has 154 valence electrons. The highest BCUT2D eigenvalue weighted by atomic mass is 32.1. The van der Waals surface area contributed by atoms with E-state index < -0.39 is 6.10 Å². The van der Waals surface area contributed by atoms with E-state index in [1.54, 1.807) is 4.90 Å². The number of aromatic nitrogens is 4. The smallest absolute Gasteiger partial charge is 0.276 e. The van der Waals surface area contributed by atoms with Gasteiger partial charge in [0, 0.05) is 24.4 Å². The summed E-state index contributed by atoms with van der Waals surface area (Å²) in [6.07, 6.45) is 3.38. The largest absolute Gasteiger partial charge is 0.368 e. The number of hydrogen-bond acceptors (Lipinski definition) is 7. The highest BCUT2D eigenvalue weighted by Gasteiger charge is 2.28. The molecule has 3 aromatic rings. The summed E-state index contributed by atoms with van der Waals surface area (Å²) in [6.45, 7) is 1.62. The Hall–Kier alpha value is -3.11. The van der Waals surface area contributed by atoms with Crippen LogP contribution in [0.15, 0.2) is 36.5 Å². The Balaban J connectivity index is 1.26. The van der Waals surface area contributed by atoms with Crippen LogP contribution in [0.1, 0.15) is 33.9 Å². The Morgan fingerprint density at radius 3 is 2.90 bits per heavy atom. The van der Waals surface area contributed by atoms with Gasteiger partial charge in [0.15, 0.2) is 10.8 Å². The van der Waals surface area contributed by atoms with Crippen molar-refractivity contribution in [2.75, 3.05) is 18.5 Å². The van der Waals surface area contributed by atoms with Gasteiger partial charge in [-0.3, -0.25) is 14.9 Å². The number of amides is 2. The van der Waals surface area contributed by atoms with E-state index in [9.17, 15) is 9.59 Å². The number of carbonyl (C=O) groups excluding carboxylic acids is 2. The van der Waals surface area contributed by atoms with Gasteiger partial charge >= 0.3 is 0 Å². The number of carbonyl (C=O) groups is 2. The molecule has 0 aliphatic carbocycles. The molecule has 2 aliphatic rings. The zero-order valence-corrected chi connectivity index (χ0v) is 17.0. The number of nitrogens with zero attached hydrogens (tertiary/aromatic N) is 5. The van der Waals surface area contributed by atoms with Crippen molar-refractivity contribution in [2.24, 2.45) is 0 Å². The van der Waals surface area contributed by atoms with Crippen LogP contribution in [-0.2, 0) is 22.5 Å². The first-order valence-corrected chi connectivity index (χ1v) is 10.7. The summed E-state index contributed by atoms with van der Waals surface area (Å²) < 4.78 is 5.42. The third-order valence-electron chi connectivity index (χ3n) is 5.17. The van der Waals surface area contributed by atoms with Gasteiger partial charge in [0.1, 0.15) is 6.10 Å². The summed E-state index contributed by atoms with van der Waals surface area (Å²) in [5, 5.41) is 12.0. The molecular weight excluding hydrogens is 404 g/mol. The van der Waals surface area contributed by atoms with E-state index in [1.165, 1.54) is 22.3 Å². The molecule has 1 saturated heterocycles. The Bertz CT molecular complexity index is 1070. The lowest BCUT2D eigenvalue weighted by atomic mass is 10.1. The van der Waals surface area contributed by atoms with Gasteiger partial charge in [0.25, 0.3) is 11.8 Å². The van der Waals surface area contributed by atoms with Crippen LogP contribution in [-0.4, -0.2) is 55.9 Å². The fourth-order valence-electron chi connectivity index (χ4n) is 3.60. The van der Waals surface area contributed by atoms with E-state index in [0.29, 0.717) is 36.9 Å². The van der Waals surface area contributed by atoms with Crippen LogP contribution in [0.3, 0.4) is 0 Å². The molecule has 4 heterocycles. The SMILES string of the molecule is O=C(Nc1nc2c(s1)CN(C(=O)c1cnn(-c3ccccc3)n1)CC2)[C@H]1CCCO1. The van der Waals surface area contributed by atoms with E-state index in [0.717, 1.165) is 29.1 Å². The average Bonchev–Trinajstić information content (AvgIpc) is 3.53. The van der Waals surface area contributed by atoms with Gasteiger partial charge in [0.05, 0.1) is 24.1 Å².